The van der Waals surface area contributed by atoms with Gasteiger partial charge in [-0.2, -0.15) is 13.2 Å². The largest absolute Gasteiger partial charge is 0.456 e. The summed E-state index contributed by atoms with van der Waals surface area (Å²) in [7, 11) is 3.89. The SMILES string of the molecule is Cc1ccc(Oc2cc(-c3cccnc3)nc3c2ccn3C)cc1C(=O)Nc1ccc(CN2CCN(C)CC2)c(C(F)(F)F)c1. The lowest BCUT2D eigenvalue weighted by Gasteiger charge is -2.33. The molecule has 0 unspecified atom stereocenters. The number of aryl methyl sites for hydroxylation is 2. The minimum absolute atomic E-state index is 0.0708. The Labute approximate surface area is 259 Å². The number of anilines is 1. The fraction of sp³-hybridized carbons (Fsp3) is 0.265. The van der Waals surface area contributed by atoms with Gasteiger partial charge in [-0.25, -0.2) is 4.98 Å². The van der Waals surface area contributed by atoms with Crippen LogP contribution in [0.5, 0.6) is 11.5 Å². The van der Waals surface area contributed by atoms with E-state index in [9.17, 15) is 18.0 Å². The van der Waals surface area contributed by atoms with Crippen molar-refractivity contribution in [1.82, 2.24) is 24.3 Å². The van der Waals surface area contributed by atoms with Crippen molar-refractivity contribution >= 4 is 22.6 Å². The minimum Gasteiger partial charge on any atom is -0.456 e. The van der Waals surface area contributed by atoms with E-state index in [-0.39, 0.29) is 23.4 Å². The number of rotatable bonds is 7. The summed E-state index contributed by atoms with van der Waals surface area (Å²) in [5, 5.41) is 3.45. The first-order valence-electron chi connectivity index (χ1n) is 14.6. The normalized spacial score (nSPS) is 14.5. The van der Waals surface area contributed by atoms with Gasteiger partial charge >= 0.3 is 6.18 Å². The molecule has 0 radical (unpaired) electrons. The molecule has 1 aliphatic heterocycles. The van der Waals surface area contributed by atoms with Crippen LogP contribution in [0.25, 0.3) is 22.3 Å². The molecule has 0 spiro atoms. The lowest BCUT2D eigenvalue weighted by molar-refractivity contribution is -0.138. The molecule has 6 rings (SSSR count). The number of hydrogen-bond donors (Lipinski definition) is 1. The lowest BCUT2D eigenvalue weighted by atomic mass is 10.0. The van der Waals surface area contributed by atoms with E-state index >= 15 is 0 Å². The maximum atomic E-state index is 14.1. The lowest BCUT2D eigenvalue weighted by Crippen LogP contribution is -2.44. The van der Waals surface area contributed by atoms with E-state index in [0.717, 1.165) is 30.1 Å². The highest BCUT2D eigenvalue weighted by atomic mass is 19.4. The van der Waals surface area contributed by atoms with Crippen LogP contribution < -0.4 is 10.1 Å². The number of piperazine rings is 1. The second-order valence-corrected chi connectivity index (χ2v) is 11.4. The molecular weight excluding hydrogens is 581 g/mol. The van der Waals surface area contributed by atoms with Gasteiger partial charge in [-0.05, 0) is 67.6 Å². The van der Waals surface area contributed by atoms with Crippen molar-refractivity contribution in [2.75, 3.05) is 38.5 Å². The van der Waals surface area contributed by atoms with Gasteiger partial charge in [0.2, 0.25) is 0 Å². The number of hydrogen-bond acceptors (Lipinski definition) is 6. The van der Waals surface area contributed by atoms with E-state index in [4.69, 9.17) is 9.72 Å². The van der Waals surface area contributed by atoms with Crippen molar-refractivity contribution in [2.24, 2.45) is 7.05 Å². The summed E-state index contributed by atoms with van der Waals surface area (Å²) in [6.45, 7) is 4.97. The van der Waals surface area contributed by atoms with E-state index in [0.29, 0.717) is 41.5 Å². The zero-order chi connectivity index (χ0) is 31.7. The van der Waals surface area contributed by atoms with E-state index in [1.165, 1.54) is 12.1 Å². The number of fused-ring (bicyclic) bond motifs is 1. The molecule has 45 heavy (non-hydrogen) atoms. The Morgan fingerprint density at radius 3 is 2.53 bits per heavy atom. The average Bonchev–Trinajstić information content (AvgIpc) is 3.40. The average molecular weight is 615 g/mol. The van der Waals surface area contributed by atoms with E-state index in [1.54, 1.807) is 37.5 Å². The van der Waals surface area contributed by atoms with Crippen LogP contribution in [0.4, 0.5) is 18.9 Å². The zero-order valence-electron chi connectivity index (χ0n) is 25.2. The molecule has 4 heterocycles. The first-order valence-corrected chi connectivity index (χ1v) is 14.6. The van der Waals surface area contributed by atoms with Crippen LogP contribution in [0.15, 0.2) is 79.3 Å². The molecule has 1 fully saturated rings. The van der Waals surface area contributed by atoms with Gasteiger partial charge in [0.25, 0.3) is 5.91 Å². The summed E-state index contributed by atoms with van der Waals surface area (Å²) in [5.41, 5.74) is 2.66. The summed E-state index contributed by atoms with van der Waals surface area (Å²) in [4.78, 5) is 26.5. The molecular formula is C34H33F3N6O2. The Kier molecular flexibility index (Phi) is 8.30. The highest BCUT2D eigenvalue weighted by Crippen LogP contribution is 2.36. The second kappa shape index (κ2) is 12.3. The fourth-order valence-electron chi connectivity index (χ4n) is 5.49. The van der Waals surface area contributed by atoms with Crippen molar-refractivity contribution in [3.8, 4) is 22.8 Å². The standard InChI is InChI=1S/C34H33F3N6O2/c1-22-6-9-26(45-31-19-30(23-5-4-11-38-20-23)40-32-27(31)10-12-42(32)3)18-28(22)33(44)39-25-8-7-24(29(17-25)34(35,36)37)21-43-15-13-41(2)14-16-43/h4-12,17-20H,13-16,21H2,1-3H3,(H,39,44). The number of pyridine rings is 2. The Bertz CT molecular complexity index is 1850. The number of nitrogens with zero attached hydrogens (tertiary/aromatic N) is 5. The molecule has 0 atom stereocenters. The molecule has 1 saturated heterocycles. The summed E-state index contributed by atoms with van der Waals surface area (Å²) >= 11 is 0. The number of ether oxygens (including phenoxy) is 1. The molecule has 1 aliphatic rings. The smallest absolute Gasteiger partial charge is 0.416 e. The summed E-state index contributed by atoms with van der Waals surface area (Å²) in [6, 6.07) is 16.5. The maximum absolute atomic E-state index is 14.1. The van der Waals surface area contributed by atoms with Gasteiger partial charge < -0.3 is 19.5 Å². The molecule has 1 N–H and O–H groups in total. The molecule has 0 aliphatic carbocycles. The van der Waals surface area contributed by atoms with Crippen LogP contribution in [-0.4, -0.2) is 63.5 Å². The summed E-state index contributed by atoms with van der Waals surface area (Å²) in [6.07, 6.45) is 0.734. The Morgan fingerprint density at radius 2 is 1.80 bits per heavy atom. The molecule has 3 aromatic heterocycles. The number of benzene rings is 2. The highest BCUT2D eigenvalue weighted by Gasteiger charge is 2.34. The predicted molar refractivity (Wildman–Crippen MR) is 167 cm³/mol. The Hall–Kier alpha value is -4.74. The number of likely N-dealkylation sites (N-methyl/N-ethyl adjacent to an activating group) is 1. The van der Waals surface area contributed by atoms with Gasteiger partial charge in [-0.1, -0.05) is 12.1 Å². The fourth-order valence-corrected chi connectivity index (χ4v) is 5.49. The van der Waals surface area contributed by atoms with Crippen LogP contribution in [0, 0.1) is 6.92 Å². The Morgan fingerprint density at radius 1 is 1.00 bits per heavy atom. The van der Waals surface area contributed by atoms with Crippen LogP contribution in [0.3, 0.4) is 0 Å². The van der Waals surface area contributed by atoms with Crippen molar-refractivity contribution in [1.29, 1.82) is 0 Å². The molecule has 8 nitrogen and oxygen atoms in total. The number of amides is 1. The van der Waals surface area contributed by atoms with Gasteiger partial charge in [-0.3, -0.25) is 14.7 Å². The number of nitrogens with one attached hydrogen (secondary N) is 1. The molecule has 5 aromatic rings. The van der Waals surface area contributed by atoms with Gasteiger partial charge in [0, 0.05) is 81.2 Å². The highest BCUT2D eigenvalue weighted by molar-refractivity contribution is 6.05. The van der Waals surface area contributed by atoms with Crippen molar-refractivity contribution < 1.29 is 22.7 Å². The van der Waals surface area contributed by atoms with Crippen molar-refractivity contribution in [3.63, 3.8) is 0 Å². The predicted octanol–water partition coefficient (Wildman–Crippen LogP) is 6.75. The van der Waals surface area contributed by atoms with Crippen molar-refractivity contribution in [2.45, 2.75) is 19.6 Å². The molecule has 1 amide bonds. The quantitative estimate of drug-likeness (QED) is 0.219. The van der Waals surface area contributed by atoms with E-state index in [1.807, 2.05) is 54.0 Å². The van der Waals surface area contributed by atoms with E-state index in [2.05, 4.69) is 15.2 Å². The first-order chi connectivity index (χ1) is 21.5. The third-order valence-electron chi connectivity index (χ3n) is 8.10. The minimum atomic E-state index is -4.56. The summed E-state index contributed by atoms with van der Waals surface area (Å²) < 4.78 is 50.5. The number of carbonyl (C=O) groups is 1. The third-order valence-corrected chi connectivity index (χ3v) is 8.10. The van der Waals surface area contributed by atoms with Crippen LogP contribution >= 0.6 is 0 Å². The zero-order valence-corrected chi connectivity index (χ0v) is 25.2. The number of alkyl halides is 3. The molecule has 11 heteroatoms. The van der Waals surface area contributed by atoms with Crippen LogP contribution in [0.1, 0.15) is 27.0 Å². The molecule has 0 bridgehead atoms. The van der Waals surface area contributed by atoms with E-state index < -0.39 is 17.6 Å². The third kappa shape index (κ3) is 6.69. The molecule has 2 aromatic carbocycles. The Balaban J connectivity index is 1.25. The first kappa shape index (κ1) is 30.3. The van der Waals surface area contributed by atoms with Gasteiger partial charge in [0.15, 0.2) is 0 Å². The second-order valence-electron chi connectivity index (χ2n) is 11.4. The van der Waals surface area contributed by atoms with Gasteiger partial charge in [0.05, 0.1) is 16.6 Å². The summed E-state index contributed by atoms with van der Waals surface area (Å²) in [5.74, 6) is 0.409. The molecule has 232 valence electrons. The van der Waals surface area contributed by atoms with Crippen LogP contribution in [-0.2, 0) is 19.8 Å². The maximum Gasteiger partial charge on any atom is 0.416 e. The van der Waals surface area contributed by atoms with Gasteiger partial charge in [0.1, 0.15) is 17.1 Å². The van der Waals surface area contributed by atoms with Crippen LogP contribution in [0.2, 0.25) is 0 Å². The van der Waals surface area contributed by atoms with Gasteiger partial charge in [-0.15, -0.1) is 0 Å². The monoisotopic (exact) mass is 614 g/mol. The van der Waals surface area contributed by atoms with Crippen molar-refractivity contribution in [3.05, 3.63) is 102 Å². The topological polar surface area (TPSA) is 75.5 Å². The number of carbonyl (C=O) groups excluding carboxylic acids is 1. The number of halogens is 3. The molecule has 0 saturated carbocycles. The number of aromatic nitrogens is 3.